The van der Waals surface area contributed by atoms with E-state index in [1.807, 2.05) is 24.3 Å². The van der Waals surface area contributed by atoms with Crippen LogP contribution >= 0.6 is 0 Å². The Morgan fingerprint density at radius 2 is 1.43 bits per heavy atom. The minimum Gasteiger partial charge on any atom is -0.289 e. The molecule has 3 heteroatoms. The topological polar surface area (TPSA) is 41.8 Å². The number of hydrogen-bond donors (Lipinski definition) is 0. The summed E-state index contributed by atoms with van der Waals surface area (Å²) in [5, 5.41) is 8.60. The van der Waals surface area contributed by atoms with Gasteiger partial charge in [-0.15, -0.1) is 0 Å². The van der Waals surface area contributed by atoms with Gasteiger partial charge in [0.2, 0.25) is 0 Å². The van der Waals surface area contributed by atoms with Crippen molar-refractivity contribution in [3.63, 3.8) is 0 Å². The average Bonchev–Trinajstić information content (AvgIpc) is 2.60. The number of unbranched alkanes of at least 4 members (excludes halogenated alkanes) is 1. The van der Waals surface area contributed by atoms with Gasteiger partial charge in [0.05, 0.1) is 11.9 Å². The Morgan fingerprint density at radius 1 is 0.893 bits per heavy atom. The number of allylic oxidation sites excluding steroid dienone is 5. The lowest BCUT2D eigenvalue weighted by molar-refractivity contribution is -0.114. The molecule has 1 aromatic rings. The van der Waals surface area contributed by atoms with Crippen LogP contribution in [0.2, 0.25) is 0 Å². The number of nitrogens with zero attached hydrogens (tertiary/aromatic N) is 2. The molecule has 0 aromatic heterocycles. The van der Waals surface area contributed by atoms with Crippen molar-refractivity contribution in [1.29, 1.82) is 0 Å². The maximum absolute atomic E-state index is 12.9. The summed E-state index contributed by atoms with van der Waals surface area (Å²) in [5.41, 5.74) is 4.30. The zero-order valence-corrected chi connectivity index (χ0v) is 18.5. The summed E-state index contributed by atoms with van der Waals surface area (Å²) in [6.45, 7) is 14.6. The van der Waals surface area contributed by atoms with Crippen LogP contribution in [0.25, 0.3) is 0 Å². The van der Waals surface area contributed by atoms with Crippen molar-refractivity contribution in [3.8, 4) is 0 Å². The molecule has 28 heavy (non-hydrogen) atoms. The summed E-state index contributed by atoms with van der Waals surface area (Å²) in [5.74, 6) is 0.136. The third-order valence-corrected chi connectivity index (χ3v) is 4.86. The number of carbonyl (C=O) groups is 1. The number of Topliss-reactive ketones (excluding diaryl/α,β-unsaturated/α-hetero) is 1. The Hall–Kier alpha value is -2.29. The van der Waals surface area contributed by atoms with Gasteiger partial charge in [-0.2, -0.15) is 10.2 Å². The second-order valence-electron chi connectivity index (χ2n) is 9.56. The Kier molecular flexibility index (Phi) is 6.92. The summed E-state index contributed by atoms with van der Waals surface area (Å²) < 4.78 is 0. The summed E-state index contributed by atoms with van der Waals surface area (Å²) >= 11 is 0. The molecule has 0 bridgehead atoms. The third-order valence-electron chi connectivity index (χ3n) is 4.86. The van der Waals surface area contributed by atoms with Crippen LogP contribution in [0, 0.1) is 10.8 Å². The van der Waals surface area contributed by atoms with Gasteiger partial charge in [0.15, 0.2) is 5.78 Å². The second-order valence-corrected chi connectivity index (χ2v) is 9.56. The molecule has 0 atom stereocenters. The lowest BCUT2D eigenvalue weighted by Crippen LogP contribution is -2.27. The number of ketones is 1. The minimum atomic E-state index is -0.216. The molecular formula is C25H34N2O. The predicted molar refractivity (Wildman–Crippen MR) is 118 cm³/mol. The first-order valence-corrected chi connectivity index (χ1v) is 10.2. The summed E-state index contributed by atoms with van der Waals surface area (Å²) in [7, 11) is 0. The van der Waals surface area contributed by atoms with Crippen LogP contribution in [0.15, 0.2) is 69.6 Å². The standard InChI is InChI=1S/C25H34N2O/c1-8-9-10-18-11-13-20(14-12-18)27-26-17-19-15-21(24(2,3)4)23(28)22(16-19)25(5,6)7/h11-17H,8-10H2,1-7H3. The van der Waals surface area contributed by atoms with Crippen molar-refractivity contribution in [2.75, 3.05) is 0 Å². The first-order valence-electron chi connectivity index (χ1n) is 10.2. The van der Waals surface area contributed by atoms with E-state index in [1.54, 1.807) is 6.20 Å². The minimum absolute atomic E-state index is 0.136. The molecule has 0 amide bonds. The molecule has 0 unspecified atom stereocenters. The molecule has 0 heterocycles. The third kappa shape index (κ3) is 5.85. The van der Waals surface area contributed by atoms with Gasteiger partial charge in [-0.3, -0.25) is 4.79 Å². The largest absolute Gasteiger partial charge is 0.289 e. The maximum atomic E-state index is 12.9. The van der Waals surface area contributed by atoms with Crippen molar-refractivity contribution in [3.05, 3.63) is 64.9 Å². The zero-order chi connectivity index (χ0) is 20.9. The van der Waals surface area contributed by atoms with E-state index in [0.29, 0.717) is 0 Å². The second kappa shape index (κ2) is 8.81. The number of carbonyl (C=O) groups excluding carboxylic acids is 1. The van der Waals surface area contributed by atoms with Gasteiger partial charge in [-0.05, 0) is 59.1 Å². The molecule has 0 fully saturated rings. The lowest BCUT2D eigenvalue weighted by atomic mass is 9.72. The Bertz CT molecular complexity index is 787. The van der Waals surface area contributed by atoms with E-state index < -0.39 is 0 Å². The fourth-order valence-corrected chi connectivity index (χ4v) is 3.11. The molecule has 3 nitrogen and oxygen atoms in total. The van der Waals surface area contributed by atoms with E-state index in [0.717, 1.165) is 28.8 Å². The number of benzene rings is 1. The average molecular weight is 379 g/mol. The van der Waals surface area contributed by atoms with Gasteiger partial charge in [-0.1, -0.05) is 67.0 Å². The van der Waals surface area contributed by atoms with E-state index in [-0.39, 0.29) is 16.6 Å². The quantitative estimate of drug-likeness (QED) is 0.488. The molecule has 0 N–H and O–H groups in total. The molecule has 1 aliphatic carbocycles. The highest BCUT2D eigenvalue weighted by Crippen LogP contribution is 2.38. The van der Waals surface area contributed by atoms with Gasteiger partial charge < -0.3 is 0 Å². The molecule has 1 aromatic carbocycles. The number of rotatable bonds is 5. The van der Waals surface area contributed by atoms with E-state index in [4.69, 9.17) is 0 Å². The number of hydrogen-bond acceptors (Lipinski definition) is 3. The molecule has 1 aliphatic rings. The molecule has 0 saturated heterocycles. The molecule has 0 spiro atoms. The van der Waals surface area contributed by atoms with Crippen molar-refractivity contribution in [1.82, 2.24) is 0 Å². The van der Waals surface area contributed by atoms with Crippen LogP contribution in [0.1, 0.15) is 66.9 Å². The molecular weight excluding hydrogens is 344 g/mol. The lowest BCUT2D eigenvalue weighted by Gasteiger charge is -2.31. The first kappa shape index (κ1) is 22.0. The van der Waals surface area contributed by atoms with E-state index in [1.165, 1.54) is 18.4 Å². The van der Waals surface area contributed by atoms with Crippen LogP contribution in [-0.2, 0) is 11.2 Å². The zero-order valence-electron chi connectivity index (χ0n) is 18.5. The van der Waals surface area contributed by atoms with Crippen LogP contribution in [0.3, 0.4) is 0 Å². The normalized spacial score (nSPS) is 15.7. The van der Waals surface area contributed by atoms with Crippen LogP contribution in [-0.4, -0.2) is 5.78 Å². The number of azo groups is 1. The van der Waals surface area contributed by atoms with E-state index in [2.05, 4.69) is 70.8 Å². The van der Waals surface area contributed by atoms with Crippen molar-refractivity contribution in [2.45, 2.75) is 67.7 Å². The van der Waals surface area contributed by atoms with E-state index >= 15 is 0 Å². The molecule has 0 radical (unpaired) electrons. The summed E-state index contributed by atoms with van der Waals surface area (Å²) in [6.07, 6.45) is 9.15. The van der Waals surface area contributed by atoms with Crippen molar-refractivity contribution in [2.24, 2.45) is 21.1 Å². The Morgan fingerprint density at radius 3 is 1.89 bits per heavy atom. The highest BCUT2D eigenvalue weighted by Gasteiger charge is 2.33. The fraction of sp³-hybridized carbons (Fsp3) is 0.480. The van der Waals surface area contributed by atoms with Gasteiger partial charge >= 0.3 is 0 Å². The van der Waals surface area contributed by atoms with Crippen LogP contribution in [0.4, 0.5) is 5.69 Å². The van der Waals surface area contributed by atoms with Crippen LogP contribution in [0.5, 0.6) is 0 Å². The SMILES string of the molecule is CCCCc1ccc(N=NC=C2C=C(C(C)(C)C)C(=O)C(C(C)(C)C)=C2)cc1. The van der Waals surface area contributed by atoms with Crippen molar-refractivity contribution >= 4 is 11.5 Å². The number of aryl methyl sites for hydroxylation is 1. The highest BCUT2D eigenvalue weighted by molar-refractivity contribution is 6.11. The fourth-order valence-electron chi connectivity index (χ4n) is 3.11. The van der Waals surface area contributed by atoms with Crippen molar-refractivity contribution < 1.29 is 4.79 Å². The van der Waals surface area contributed by atoms with Gasteiger partial charge in [0, 0.05) is 11.1 Å². The molecule has 2 rings (SSSR count). The predicted octanol–water partition coefficient (Wildman–Crippen LogP) is 7.52. The maximum Gasteiger partial charge on any atom is 0.186 e. The Balaban J connectivity index is 2.27. The van der Waals surface area contributed by atoms with Gasteiger partial charge in [0.25, 0.3) is 0 Å². The molecule has 0 saturated carbocycles. The monoisotopic (exact) mass is 378 g/mol. The van der Waals surface area contributed by atoms with Crippen LogP contribution < -0.4 is 0 Å². The summed E-state index contributed by atoms with van der Waals surface area (Å²) in [4.78, 5) is 12.9. The smallest absolute Gasteiger partial charge is 0.186 e. The van der Waals surface area contributed by atoms with Gasteiger partial charge in [0.1, 0.15) is 0 Å². The molecule has 0 aliphatic heterocycles. The van der Waals surface area contributed by atoms with Gasteiger partial charge in [-0.25, -0.2) is 0 Å². The summed E-state index contributed by atoms with van der Waals surface area (Å²) in [6, 6.07) is 8.24. The molecule has 150 valence electrons. The first-order chi connectivity index (χ1) is 13.0. The van der Waals surface area contributed by atoms with E-state index in [9.17, 15) is 4.79 Å². The highest BCUT2D eigenvalue weighted by atomic mass is 16.1. The Labute approximate surface area is 170 Å².